The van der Waals surface area contributed by atoms with Crippen LogP contribution >= 0.6 is 11.3 Å². The molecule has 6 nitrogen and oxygen atoms in total. The summed E-state index contributed by atoms with van der Waals surface area (Å²) in [5, 5.41) is 19.9. The Labute approximate surface area is 186 Å². The van der Waals surface area contributed by atoms with E-state index in [1.807, 2.05) is 6.92 Å². The Kier molecular flexibility index (Phi) is 6.63. The number of phenols is 1. The number of aryl methyl sites for hydroxylation is 1. The Hall–Kier alpha value is -2.77. The number of aromatic hydroxyl groups is 1. The molecule has 0 saturated carbocycles. The molecule has 0 aliphatic carbocycles. The summed E-state index contributed by atoms with van der Waals surface area (Å²) in [5.41, 5.74) is 2.49. The number of fused-ring (bicyclic) bond motifs is 1. The number of piperazine rings is 1. The fourth-order valence-electron chi connectivity index (χ4n) is 4.28. The number of benzene rings is 2. The van der Waals surface area contributed by atoms with Gasteiger partial charge in [-0.05, 0) is 61.0 Å². The quantitative estimate of drug-likeness (QED) is 0.487. The predicted molar refractivity (Wildman–Crippen MR) is 127 cm³/mol. The van der Waals surface area contributed by atoms with Gasteiger partial charge in [0.25, 0.3) is 5.91 Å². The van der Waals surface area contributed by atoms with E-state index in [1.165, 1.54) is 21.8 Å². The van der Waals surface area contributed by atoms with E-state index in [-0.39, 0.29) is 11.7 Å². The highest BCUT2D eigenvalue weighted by atomic mass is 32.1. The molecule has 1 fully saturated rings. The van der Waals surface area contributed by atoms with Crippen LogP contribution in [0.2, 0.25) is 0 Å². The van der Waals surface area contributed by atoms with E-state index < -0.39 is 0 Å². The van der Waals surface area contributed by atoms with Crippen LogP contribution in [0.1, 0.15) is 28.8 Å². The minimum absolute atomic E-state index is 0.00342. The van der Waals surface area contributed by atoms with Gasteiger partial charge in [-0.25, -0.2) is 0 Å². The van der Waals surface area contributed by atoms with Crippen LogP contribution in [0.15, 0.2) is 41.8 Å². The van der Waals surface area contributed by atoms with Crippen LogP contribution in [0.5, 0.6) is 11.5 Å². The number of amides is 1. The molecule has 1 saturated heterocycles. The van der Waals surface area contributed by atoms with Crippen molar-refractivity contribution in [1.82, 2.24) is 10.6 Å². The number of hydrogen-bond acceptors (Lipinski definition) is 6. The first kappa shape index (κ1) is 21.5. The summed E-state index contributed by atoms with van der Waals surface area (Å²) in [6.07, 6.45) is 1.86. The number of anilines is 1. The highest BCUT2D eigenvalue weighted by Gasteiger charge is 2.24. The molecule has 1 amide bonds. The normalized spacial score (nSPS) is 16.5. The monoisotopic (exact) mass is 439 g/mol. The van der Waals surface area contributed by atoms with Crippen molar-refractivity contribution in [2.75, 3.05) is 38.2 Å². The van der Waals surface area contributed by atoms with Gasteiger partial charge in [-0.1, -0.05) is 6.07 Å². The smallest absolute Gasteiger partial charge is 0.251 e. The lowest BCUT2D eigenvalue weighted by atomic mass is 10.0. The minimum Gasteiger partial charge on any atom is -0.504 e. The zero-order valence-electron chi connectivity index (χ0n) is 18.0. The minimum atomic E-state index is -0.226. The molecule has 0 radical (unpaired) electrons. The van der Waals surface area contributed by atoms with Crippen molar-refractivity contribution in [2.45, 2.75) is 25.8 Å². The lowest BCUT2D eigenvalue weighted by Gasteiger charge is -2.38. The highest BCUT2D eigenvalue weighted by molar-refractivity contribution is 7.17. The van der Waals surface area contributed by atoms with Crippen LogP contribution < -0.4 is 20.3 Å². The van der Waals surface area contributed by atoms with Crippen LogP contribution in [0.25, 0.3) is 10.1 Å². The Morgan fingerprint density at radius 2 is 2.23 bits per heavy atom. The number of carbonyl (C=O) groups is 1. The molecule has 1 aliphatic rings. The van der Waals surface area contributed by atoms with E-state index in [4.69, 9.17) is 4.74 Å². The van der Waals surface area contributed by atoms with Gasteiger partial charge in [0.2, 0.25) is 0 Å². The number of nitrogens with one attached hydrogen (secondary N) is 2. The second-order valence-electron chi connectivity index (χ2n) is 7.87. The molecule has 1 unspecified atom stereocenters. The molecule has 7 heteroatoms. The van der Waals surface area contributed by atoms with Crippen LogP contribution in [-0.2, 0) is 0 Å². The van der Waals surface area contributed by atoms with Gasteiger partial charge in [0.05, 0.1) is 6.61 Å². The highest BCUT2D eigenvalue weighted by Crippen LogP contribution is 2.34. The topological polar surface area (TPSA) is 73.8 Å². The molecular weight excluding hydrogens is 410 g/mol. The Bertz CT molecular complexity index is 1040. The van der Waals surface area contributed by atoms with E-state index in [2.05, 4.69) is 45.2 Å². The van der Waals surface area contributed by atoms with Crippen LogP contribution in [-0.4, -0.2) is 50.3 Å². The average molecular weight is 440 g/mol. The largest absolute Gasteiger partial charge is 0.504 e. The summed E-state index contributed by atoms with van der Waals surface area (Å²) in [6.45, 7) is 5.28. The number of thiophene rings is 1. The van der Waals surface area contributed by atoms with E-state index in [9.17, 15) is 9.90 Å². The fourth-order valence-corrected chi connectivity index (χ4v) is 5.08. The van der Waals surface area contributed by atoms with Crippen molar-refractivity contribution >= 4 is 33.0 Å². The lowest BCUT2D eigenvalue weighted by Crippen LogP contribution is -2.51. The third-order valence-electron chi connectivity index (χ3n) is 5.80. The zero-order chi connectivity index (χ0) is 21.8. The first-order valence-electron chi connectivity index (χ1n) is 10.7. The van der Waals surface area contributed by atoms with Gasteiger partial charge in [-0.2, -0.15) is 0 Å². The maximum absolute atomic E-state index is 11.8. The number of rotatable bonds is 7. The third kappa shape index (κ3) is 4.62. The molecule has 2 aromatic carbocycles. The maximum Gasteiger partial charge on any atom is 0.251 e. The molecule has 3 aromatic rings. The van der Waals surface area contributed by atoms with E-state index >= 15 is 0 Å². The van der Waals surface area contributed by atoms with Crippen molar-refractivity contribution in [3.63, 3.8) is 0 Å². The molecular formula is C24H29N3O3S. The summed E-state index contributed by atoms with van der Waals surface area (Å²) >= 11 is 1.78. The summed E-state index contributed by atoms with van der Waals surface area (Å²) < 4.78 is 7.23. The molecule has 1 atom stereocenters. The predicted octanol–water partition coefficient (Wildman–Crippen LogP) is 3.91. The summed E-state index contributed by atoms with van der Waals surface area (Å²) in [7, 11) is 1.57. The molecule has 0 bridgehead atoms. The van der Waals surface area contributed by atoms with Gasteiger partial charge in [0.1, 0.15) is 0 Å². The van der Waals surface area contributed by atoms with Gasteiger partial charge in [0.15, 0.2) is 11.5 Å². The molecule has 0 spiro atoms. The molecule has 1 aliphatic heterocycles. The zero-order valence-corrected chi connectivity index (χ0v) is 18.8. The summed E-state index contributed by atoms with van der Waals surface area (Å²) in [4.78, 5) is 14.3. The van der Waals surface area contributed by atoms with Crippen LogP contribution in [0.3, 0.4) is 0 Å². The number of phenolic OH excluding ortho intramolecular Hbond substituents is 1. The van der Waals surface area contributed by atoms with Crippen molar-refractivity contribution < 1.29 is 14.6 Å². The standard InChI is InChI=1S/C24H29N3O3S/c1-16-13-17(24(29)25-2)14-21(28)23(16)30-11-4-5-18-15-26-9-10-27(18)20-6-3-7-22-19(20)8-12-31-22/h3,6-8,12-14,18,26,28H,4-5,9-11,15H2,1-2H3,(H,25,29). The Morgan fingerprint density at radius 1 is 1.35 bits per heavy atom. The molecule has 164 valence electrons. The first-order chi connectivity index (χ1) is 15.1. The van der Waals surface area contributed by atoms with Gasteiger partial charge >= 0.3 is 0 Å². The summed E-state index contributed by atoms with van der Waals surface area (Å²) in [6, 6.07) is 12.3. The molecule has 2 heterocycles. The van der Waals surface area contributed by atoms with Gasteiger partial charge < -0.3 is 25.4 Å². The maximum atomic E-state index is 11.8. The Morgan fingerprint density at radius 3 is 3.03 bits per heavy atom. The van der Waals surface area contributed by atoms with Crippen molar-refractivity contribution in [1.29, 1.82) is 0 Å². The molecule has 1 aromatic heterocycles. The van der Waals surface area contributed by atoms with Gasteiger partial charge in [-0.3, -0.25) is 4.79 Å². The SMILES string of the molecule is CNC(=O)c1cc(C)c(OCCCC2CNCCN2c2cccc3sccc23)c(O)c1. The second-order valence-corrected chi connectivity index (χ2v) is 8.82. The fraction of sp³-hybridized carbons (Fsp3) is 0.375. The second kappa shape index (κ2) is 9.58. The Balaban J connectivity index is 1.39. The van der Waals surface area contributed by atoms with Crippen molar-refractivity contribution in [2.24, 2.45) is 0 Å². The van der Waals surface area contributed by atoms with E-state index in [1.54, 1.807) is 24.5 Å². The summed E-state index contributed by atoms with van der Waals surface area (Å²) in [5.74, 6) is 0.230. The number of nitrogens with zero attached hydrogens (tertiary/aromatic N) is 1. The average Bonchev–Trinajstić information content (AvgIpc) is 3.27. The molecule has 3 N–H and O–H groups in total. The molecule has 4 rings (SSSR count). The lowest BCUT2D eigenvalue weighted by molar-refractivity contribution is 0.0962. The molecule has 31 heavy (non-hydrogen) atoms. The number of carbonyl (C=O) groups excluding carboxylic acids is 1. The van der Waals surface area contributed by atoms with Crippen LogP contribution in [0.4, 0.5) is 5.69 Å². The van der Waals surface area contributed by atoms with Gasteiger partial charge in [0, 0.05) is 54.1 Å². The third-order valence-corrected chi connectivity index (χ3v) is 6.69. The van der Waals surface area contributed by atoms with E-state index in [0.717, 1.165) is 38.0 Å². The van der Waals surface area contributed by atoms with Crippen LogP contribution in [0, 0.1) is 6.92 Å². The van der Waals surface area contributed by atoms with Crippen molar-refractivity contribution in [3.05, 3.63) is 52.9 Å². The van der Waals surface area contributed by atoms with E-state index in [0.29, 0.717) is 24.0 Å². The number of hydrogen-bond donors (Lipinski definition) is 3. The van der Waals surface area contributed by atoms with Crippen molar-refractivity contribution in [3.8, 4) is 11.5 Å². The first-order valence-corrected chi connectivity index (χ1v) is 11.6. The van der Waals surface area contributed by atoms with Gasteiger partial charge in [-0.15, -0.1) is 11.3 Å². The number of ether oxygens (including phenoxy) is 1.